The Morgan fingerprint density at radius 3 is 2.55 bits per heavy atom. The van der Waals surface area contributed by atoms with Gasteiger partial charge in [-0.1, -0.05) is 13.8 Å². The Kier molecular flexibility index (Phi) is 4.59. The van der Waals surface area contributed by atoms with Crippen LogP contribution in [0.15, 0.2) is 12.4 Å². The van der Waals surface area contributed by atoms with Gasteiger partial charge in [0.25, 0.3) is 0 Å². The van der Waals surface area contributed by atoms with E-state index in [0.717, 1.165) is 12.1 Å². The van der Waals surface area contributed by atoms with Gasteiger partial charge in [0.15, 0.2) is 9.84 Å². The highest BCUT2D eigenvalue weighted by atomic mass is 32.2. The van der Waals surface area contributed by atoms with E-state index in [1.165, 1.54) is 0 Å². The number of anilines is 1. The van der Waals surface area contributed by atoms with E-state index in [0.29, 0.717) is 18.4 Å². The van der Waals surface area contributed by atoms with Crippen LogP contribution in [-0.4, -0.2) is 49.0 Å². The molecule has 0 aromatic carbocycles. The predicted octanol–water partition coefficient (Wildman–Crippen LogP) is 0.598. The van der Waals surface area contributed by atoms with Crippen molar-refractivity contribution in [3.63, 3.8) is 0 Å². The Hall–Kier alpha value is -1.21. The second-order valence-electron chi connectivity index (χ2n) is 5.59. The van der Waals surface area contributed by atoms with Crippen LogP contribution in [0.3, 0.4) is 0 Å². The molecule has 1 aromatic heterocycles. The molecule has 0 aliphatic carbocycles. The molecule has 0 radical (unpaired) electrons. The summed E-state index contributed by atoms with van der Waals surface area (Å²) in [5.41, 5.74) is 1.02. The van der Waals surface area contributed by atoms with E-state index in [4.69, 9.17) is 0 Å². The number of nitrogens with one attached hydrogen (secondary N) is 1. The highest BCUT2D eigenvalue weighted by molar-refractivity contribution is 7.91. The van der Waals surface area contributed by atoms with Crippen LogP contribution in [0.5, 0.6) is 0 Å². The molecule has 1 fully saturated rings. The van der Waals surface area contributed by atoms with Crippen LogP contribution in [0, 0.1) is 0 Å². The summed E-state index contributed by atoms with van der Waals surface area (Å²) in [6, 6.07) is 0.403. The van der Waals surface area contributed by atoms with Crippen molar-refractivity contribution in [1.29, 1.82) is 0 Å². The van der Waals surface area contributed by atoms with E-state index in [-0.39, 0.29) is 17.5 Å². The van der Waals surface area contributed by atoms with Crippen LogP contribution in [0.4, 0.5) is 5.95 Å². The molecule has 0 amide bonds. The Morgan fingerprint density at radius 1 is 1.40 bits per heavy atom. The number of sulfone groups is 1. The molecule has 112 valence electrons. The summed E-state index contributed by atoms with van der Waals surface area (Å²) in [6.45, 7) is 4.91. The van der Waals surface area contributed by atoms with Gasteiger partial charge < -0.3 is 10.2 Å². The molecule has 0 spiro atoms. The van der Waals surface area contributed by atoms with Crippen molar-refractivity contribution in [2.45, 2.75) is 38.9 Å². The fourth-order valence-corrected chi connectivity index (χ4v) is 3.96. The Bertz CT molecular complexity index is 542. The molecule has 1 N–H and O–H groups in total. The van der Waals surface area contributed by atoms with E-state index in [1.54, 1.807) is 12.4 Å². The number of aromatic nitrogens is 2. The minimum absolute atomic E-state index is 0.0142. The van der Waals surface area contributed by atoms with Crippen molar-refractivity contribution < 1.29 is 8.42 Å². The molecule has 7 heteroatoms. The lowest BCUT2D eigenvalue weighted by Gasteiger charge is -2.23. The van der Waals surface area contributed by atoms with Gasteiger partial charge in [-0.2, -0.15) is 0 Å². The molecule has 2 heterocycles. The SMILES string of the molecule is CC(C)NCc1cnc(N(C)C2CCS(=O)(=O)C2)nc1. The summed E-state index contributed by atoms with van der Waals surface area (Å²) in [6.07, 6.45) is 4.23. The summed E-state index contributed by atoms with van der Waals surface area (Å²) in [7, 11) is -1.03. The van der Waals surface area contributed by atoms with E-state index in [9.17, 15) is 8.42 Å². The third kappa shape index (κ3) is 3.89. The van der Waals surface area contributed by atoms with Crippen molar-refractivity contribution in [3.8, 4) is 0 Å². The van der Waals surface area contributed by atoms with Crippen LogP contribution in [0.25, 0.3) is 0 Å². The molecule has 1 unspecified atom stereocenters. The van der Waals surface area contributed by atoms with Gasteiger partial charge in [-0.15, -0.1) is 0 Å². The van der Waals surface area contributed by atoms with Crippen molar-refractivity contribution in [2.24, 2.45) is 0 Å². The molecule has 20 heavy (non-hydrogen) atoms. The smallest absolute Gasteiger partial charge is 0.225 e. The van der Waals surface area contributed by atoms with Crippen LogP contribution < -0.4 is 10.2 Å². The first kappa shape index (κ1) is 15.2. The summed E-state index contributed by atoms with van der Waals surface area (Å²) in [5, 5.41) is 3.30. The Labute approximate surface area is 120 Å². The summed E-state index contributed by atoms with van der Waals surface area (Å²) >= 11 is 0. The topological polar surface area (TPSA) is 75.2 Å². The predicted molar refractivity (Wildman–Crippen MR) is 79.5 cm³/mol. The summed E-state index contributed by atoms with van der Waals surface area (Å²) in [4.78, 5) is 10.5. The molecule has 1 aromatic rings. The fourth-order valence-electron chi connectivity index (χ4n) is 2.19. The zero-order chi connectivity index (χ0) is 14.8. The Morgan fingerprint density at radius 2 is 2.05 bits per heavy atom. The quantitative estimate of drug-likeness (QED) is 0.858. The van der Waals surface area contributed by atoms with Crippen LogP contribution in [0.1, 0.15) is 25.8 Å². The minimum Gasteiger partial charge on any atom is -0.340 e. The molecule has 0 bridgehead atoms. The number of rotatable bonds is 5. The molecular formula is C13H22N4O2S. The van der Waals surface area contributed by atoms with E-state index < -0.39 is 9.84 Å². The minimum atomic E-state index is -2.88. The van der Waals surface area contributed by atoms with Gasteiger partial charge in [0.1, 0.15) is 0 Å². The van der Waals surface area contributed by atoms with Gasteiger partial charge >= 0.3 is 0 Å². The van der Waals surface area contributed by atoms with Crippen LogP contribution >= 0.6 is 0 Å². The number of hydrogen-bond acceptors (Lipinski definition) is 6. The van der Waals surface area contributed by atoms with Crippen molar-refractivity contribution in [1.82, 2.24) is 15.3 Å². The summed E-state index contributed by atoms with van der Waals surface area (Å²) < 4.78 is 23.0. The van der Waals surface area contributed by atoms with Gasteiger partial charge in [-0.3, -0.25) is 0 Å². The average Bonchev–Trinajstić information content (AvgIpc) is 2.76. The molecule has 0 saturated carbocycles. The van der Waals surface area contributed by atoms with Gasteiger partial charge in [0.05, 0.1) is 11.5 Å². The molecular weight excluding hydrogens is 276 g/mol. The third-order valence-corrected chi connectivity index (χ3v) is 5.23. The van der Waals surface area contributed by atoms with E-state index in [2.05, 4.69) is 29.1 Å². The van der Waals surface area contributed by atoms with Gasteiger partial charge in [-0.25, -0.2) is 18.4 Å². The van der Waals surface area contributed by atoms with Gasteiger partial charge in [0.2, 0.25) is 5.95 Å². The first-order valence-electron chi connectivity index (χ1n) is 6.85. The lowest BCUT2D eigenvalue weighted by atomic mass is 10.2. The molecule has 1 aliphatic heterocycles. The zero-order valence-electron chi connectivity index (χ0n) is 12.2. The largest absolute Gasteiger partial charge is 0.340 e. The average molecular weight is 298 g/mol. The monoisotopic (exact) mass is 298 g/mol. The second kappa shape index (κ2) is 6.05. The van der Waals surface area contributed by atoms with Crippen molar-refractivity contribution in [2.75, 3.05) is 23.5 Å². The second-order valence-corrected chi connectivity index (χ2v) is 7.82. The van der Waals surface area contributed by atoms with Crippen LogP contribution in [0.2, 0.25) is 0 Å². The fraction of sp³-hybridized carbons (Fsp3) is 0.692. The van der Waals surface area contributed by atoms with Gasteiger partial charge in [0, 0.05) is 43.6 Å². The third-order valence-electron chi connectivity index (χ3n) is 3.48. The molecule has 1 atom stereocenters. The zero-order valence-corrected chi connectivity index (χ0v) is 13.0. The molecule has 1 saturated heterocycles. The lowest BCUT2D eigenvalue weighted by Crippen LogP contribution is -2.33. The number of nitrogens with zero attached hydrogens (tertiary/aromatic N) is 3. The Balaban J connectivity index is 1.99. The molecule has 6 nitrogen and oxygen atoms in total. The first-order valence-corrected chi connectivity index (χ1v) is 8.67. The lowest BCUT2D eigenvalue weighted by molar-refractivity contribution is 0.586. The van der Waals surface area contributed by atoms with E-state index >= 15 is 0 Å². The number of hydrogen-bond donors (Lipinski definition) is 1. The highest BCUT2D eigenvalue weighted by Gasteiger charge is 2.31. The maximum absolute atomic E-state index is 11.5. The molecule has 2 rings (SSSR count). The summed E-state index contributed by atoms with van der Waals surface area (Å²) in [5.74, 6) is 1.04. The van der Waals surface area contributed by atoms with Crippen molar-refractivity contribution in [3.05, 3.63) is 18.0 Å². The van der Waals surface area contributed by atoms with E-state index in [1.807, 2.05) is 11.9 Å². The maximum Gasteiger partial charge on any atom is 0.225 e. The standard InChI is InChI=1S/C13H22N4O2S/c1-10(2)14-6-11-7-15-13(16-8-11)17(3)12-4-5-20(18,19)9-12/h7-8,10,12,14H,4-6,9H2,1-3H3. The van der Waals surface area contributed by atoms with Gasteiger partial charge in [-0.05, 0) is 6.42 Å². The molecule has 1 aliphatic rings. The highest BCUT2D eigenvalue weighted by Crippen LogP contribution is 2.19. The first-order chi connectivity index (χ1) is 9.37. The maximum atomic E-state index is 11.5. The van der Waals surface area contributed by atoms with Crippen LogP contribution in [-0.2, 0) is 16.4 Å². The van der Waals surface area contributed by atoms with Crippen molar-refractivity contribution >= 4 is 15.8 Å². The normalized spacial score (nSPS) is 21.3.